The lowest BCUT2D eigenvalue weighted by Crippen LogP contribution is -1.90. The summed E-state index contributed by atoms with van der Waals surface area (Å²) in [6, 6.07) is 67.7. The summed E-state index contributed by atoms with van der Waals surface area (Å²) < 4.78 is 5.43. The van der Waals surface area contributed by atoms with Crippen molar-refractivity contribution in [3.05, 3.63) is 182 Å². The van der Waals surface area contributed by atoms with E-state index in [0.717, 1.165) is 0 Å². The highest BCUT2D eigenvalue weighted by Gasteiger charge is 2.18. The van der Waals surface area contributed by atoms with Gasteiger partial charge in [-0.2, -0.15) is 0 Å². The fourth-order valence-corrected chi connectivity index (χ4v) is 11.3. The van der Waals surface area contributed by atoms with Crippen LogP contribution in [-0.4, -0.2) is 0 Å². The number of hydrogen-bond donors (Lipinski definition) is 0. The largest absolute Gasteiger partial charge is 0.135 e. The highest BCUT2D eigenvalue weighted by Crippen LogP contribution is 2.48. The Labute approximate surface area is 319 Å². The van der Waals surface area contributed by atoms with Gasteiger partial charge in [0.15, 0.2) is 0 Å². The van der Waals surface area contributed by atoms with Gasteiger partial charge in [-0.15, -0.1) is 22.7 Å². The summed E-state index contributed by atoms with van der Waals surface area (Å²) in [5, 5.41) is 15.8. The van der Waals surface area contributed by atoms with Crippen LogP contribution in [0.5, 0.6) is 0 Å². The topological polar surface area (TPSA) is 0 Å². The van der Waals surface area contributed by atoms with Crippen molar-refractivity contribution in [1.82, 2.24) is 0 Å². The molecule has 12 aromatic rings. The summed E-state index contributed by atoms with van der Waals surface area (Å²) in [6.07, 6.45) is 0. The van der Waals surface area contributed by atoms with E-state index >= 15 is 0 Å². The lowest BCUT2D eigenvalue weighted by atomic mass is 9.85. The van der Waals surface area contributed by atoms with Crippen LogP contribution in [0.1, 0.15) is 0 Å². The molecule has 2 aromatic heterocycles. The zero-order valence-corrected chi connectivity index (χ0v) is 30.8. The summed E-state index contributed by atoms with van der Waals surface area (Å²) >= 11 is 3.83. The Balaban J connectivity index is 1.01. The van der Waals surface area contributed by atoms with E-state index in [0.29, 0.717) is 0 Å². The van der Waals surface area contributed by atoms with E-state index in [1.165, 1.54) is 117 Å². The van der Waals surface area contributed by atoms with Gasteiger partial charge in [-0.1, -0.05) is 146 Å². The van der Waals surface area contributed by atoms with E-state index < -0.39 is 0 Å². The van der Waals surface area contributed by atoms with E-state index in [1.807, 2.05) is 22.7 Å². The Kier molecular flexibility index (Phi) is 6.48. The Morgan fingerprint density at radius 1 is 0.259 bits per heavy atom. The fourth-order valence-electron chi connectivity index (χ4n) is 8.98. The Morgan fingerprint density at radius 2 is 0.759 bits per heavy atom. The molecule has 0 N–H and O–H groups in total. The fraction of sp³-hybridized carbons (Fsp3) is 0. The molecular weight excluding hydrogens is 689 g/mol. The third-order valence-corrected chi connectivity index (χ3v) is 13.8. The van der Waals surface area contributed by atoms with Crippen LogP contribution in [0.15, 0.2) is 182 Å². The van der Waals surface area contributed by atoms with E-state index in [-0.39, 0.29) is 0 Å². The minimum atomic E-state index is 1.24. The van der Waals surface area contributed by atoms with Crippen LogP contribution in [-0.2, 0) is 0 Å². The number of rotatable bonds is 3. The molecule has 0 bridgehead atoms. The lowest BCUT2D eigenvalue weighted by molar-refractivity contribution is 1.66. The predicted octanol–water partition coefficient (Wildman–Crippen LogP) is 16.0. The molecule has 0 radical (unpaired) electrons. The average Bonchev–Trinajstić information content (AvgIpc) is 3.81. The number of fused-ring (bicyclic) bond motifs is 12. The molecular formula is C52H30S2. The lowest BCUT2D eigenvalue weighted by Gasteiger charge is -2.18. The van der Waals surface area contributed by atoms with Gasteiger partial charge >= 0.3 is 0 Å². The Bertz CT molecular complexity index is 3430. The Hall–Kier alpha value is -6.32. The minimum Gasteiger partial charge on any atom is -0.135 e. The van der Waals surface area contributed by atoms with Crippen molar-refractivity contribution >= 4 is 106 Å². The molecule has 0 saturated carbocycles. The van der Waals surface area contributed by atoms with E-state index in [2.05, 4.69) is 182 Å². The van der Waals surface area contributed by atoms with Crippen molar-refractivity contribution < 1.29 is 0 Å². The van der Waals surface area contributed by atoms with Crippen molar-refractivity contribution in [3.63, 3.8) is 0 Å². The summed E-state index contributed by atoms with van der Waals surface area (Å²) in [5.41, 5.74) is 7.58. The molecule has 0 nitrogen and oxygen atoms in total. The van der Waals surface area contributed by atoms with E-state index in [4.69, 9.17) is 0 Å². The standard InChI is InChI=1S/C52H30S2/c1-2-11-32(12-3-1)48-39-14-6-8-16-41(39)49(42-17-9-7-15-40(42)48)37-21-20-33-28-34(18-19-35(33)29-37)36-23-25-45-44(30-36)51-46(53-45)26-27-47-50(51)43-24-22-31-10-4-5-13-38(31)52(43)54-47/h1-30H. The summed E-state index contributed by atoms with van der Waals surface area (Å²) in [4.78, 5) is 0. The molecule has 0 aliphatic carbocycles. The number of thiophene rings is 2. The molecule has 0 atom stereocenters. The van der Waals surface area contributed by atoms with E-state index in [9.17, 15) is 0 Å². The van der Waals surface area contributed by atoms with Gasteiger partial charge in [-0.25, -0.2) is 0 Å². The molecule has 0 saturated heterocycles. The summed E-state index contributed by atoms with van der Waals surface area (Å²) in [7, 11) is 0. The van der Waals surface area contributed by atoms with Crippen LogP contribution < -0.4 is 0 Å². The van der Waals surface area contributed by atoms with E-state index in [1.54, 1.807) is 0 Å². The maximum Gasteiger partial charge on any atom is 0.0434 e. The number of hydrogen-bond acceptors (Lipinski definition) is 2. The van der Waals surface area contributed by atoms with Crippen molar-refractivity contribution in [3.8, 4) is 33.4 Å². The molecule has 2 heterocycles. The van der Waals surface area contributed by atoms with Crippen LogP contribution in [0.2, 0.25) is 0 Å². The van der Waals surface area contributed by atoms with Gasteiger partial charge in [-0.3, -0.25) is 0 Å². The molecule has 0 spiro atoms. The highest BCUT2D eigenvalue weighted by atomic mass is 32.1. The van der Waals surface area contributed by atoms with Crippen LogP contribution >= 0.6 is 22.7 Å². The van der Waals surface area contributed by atoms with Gasteiger partial charge in [0.2, 0.25) is 0 Å². The molecule has 0 fully saturated rings. The van der Waals surface area contributed by atoms with Gasteiger partial charge in [-0.05, 0) is 113 Å². The number of benzene rings is 10. The highest BCUT2D eigenvalue weighted by molar-refractivity contribution is 7.28. The third-order valence-electron chi connectivity index (χ3n) is 11.4. The molecule has 10 aromatic carbocycles. The molecule has 2 heteroatoms. The molecule has 54 heavy (non-hydrogen) atoms. The smallest absolute Gasteiger partial charge is 0.0434 e. The van der Waals surface area contributed by atoms with Gasteiger partial charge in [0.25, 0.3) is 0 Å². The molecule has 0 aliphatic rings. The van der Waals surface area contributed by atoms with Crippen molar-refractivity contribution in [1.29, 1.82) is 0 Å². The monoisotopic (exact) mass is 718 g/mol. The average molecular weight is 719 g/mol. The van der Waals surface area contributed by atoms with Gasteiger partial charge < -0.3 is 0 Å². The molecule has 0 unspecified atom stereocenters. The molecule has 250 valence electrons. The first kappa shape index (κ1) is 30.2. The van der Waals surface area contributed by atoms with Gasteiger partial charge in [0, 0.05) is 40.3 Å². The molecule has 12 rings (SSSR count). The predicted molar refractivity (Wildman–Crippen MR) is 239 cm³/mol. The summed E-state index contributed by atoms with van der Waals surface area (Å²) in [6.45, 7) is 0. The van der Waals surface area contributed by atoms with Crippen LogP contribution in [0.4, 0.5) is 0 Å². The van der Waals surface area contributed by atoms with Crippen LogP contribution in [0.3, 0.4) is 0 Å². The first-order valence-electron chi connectivity index (χ1n) is 18.5. The second kappa shape index (κ2) is 11.6. The van der Waals surface area contributed by atoms with Crippen molar-refractivity contribution in [2.75, 3.05) is 0 Å². The normalized spacial score (nSPS) is 12.1. The maximum absolute atomic E-state index is 2.43. The quantitative estimate of drug-likeness (QED) is 0.160. The zero-order chi connectivity index (χ0) is 35.3. The van der Waals surface area contributed by atoms with Crippen molar-refractivity contribution in [2.24, 2.45) is 0 Å². The van der Waals surface area contributed by atoms with Gasteiger partial charge in [0.05, 0.1) is 0 Å². The molecule has 0 amide bonds. The second-order valence-corrected chi connectivity index (χ2v) is 16.5. The van der Waals surface area contributed by atoms with Gasteiger partial charge in [0.1, 0.15) is 0 Å². The summed E-state index contributed by atoms with van der Waals surface area (Å²) in [5.74, 6) is 0. The van der Waals surface area contributed by atoms with Crippen LogP contribution in [0, 0.1) is 0 Å². The van der Waals surface area contributed by atoms with Crippen LogP contribution in [0.25, 0.3) is 117 Å². The first-order valence-corrected chi connectivity index (χ1v) is 20.1. The maximum atomic E-state index is 2.43. The SMILES string of the molecule is c1ccc(-c2c3ccccc3c(-c3ccc4cc(-c5ccc6sc7ccc8sc9c%10ccccc%10ccc9c8c7c6c5)ccc4c3)c3ccccc23)cc1. The zero-order valence-electron chi connectivity index (χ0n) is 29.1. The third kappa shape index (κ3) is 4.42. The second-order valence-electron chi connectivity index (χ2n) is 14.4. The minimum absolute atomic E-state index is 1.24. The van der Waals surface area contributed by atoms with Crippen molar-refractivity contribution in [2.45, 2.75) is 0 Å². The molecule has 0 aliphatic heterocycles. The Morgan fingerprint density at radius 3 is 1.48 bits per heavy atom. The first-order chi connectivity index (χ1) is 26.8.